The van der Waals surface area contributed by atoms with Crippen molar-refractivity contribution in [1.29, 1.82) is 0 Å². The molecule has 1 rings (SSSR count). The van der Waals surface area contributed by atoms with Gasteiger partial charge in [-0.2, -0.15) is 13.2 Å². The molecule has 0 aromatic heterocycles. The van der Waals surface area contributed by atoms with E-state index in [2.05, 4.69) is 5.32 Å². The van der Waals surface area contributed by atoms with E-state index in [0.29, 0.717) is 5.69 Å². The predicted octanol–water partition coefficient (Wildman–Crippen LogP) is 1.08. The summed E-state index contributed by atoms with van der Waals surface area (Å²) >= 11 is 0. The van der Waals surface area contributed by atoms with E-state index in [4.69, 9.17) is 5.73 Å². The molecule has 0 spiro atoms. The minimum absolute atomic E-state index is 0.0249. The van der Waals surface area contributed by atoms with Gasteiger partial charge in [0, 0.05) is 11.4 Å². The van der Waals surface area contributed by atoms with Crippen molar-refractivity contribution in [3.8, 4) is 0 Å². The quantitative estimate of drug-likeness (QED) is 0.761. The van der Waals surface area contributed by atoms with Crippen LogP contribution in [0.5, 0.6) is 0 Å². The van der Waals surface area contributed by atoms with Crippen LogP contribution in [0.15, 0.2) is 24.3 Å². The Morgan fingerprint density at radius 3 is 1.89 bits per heavy atom. The third-order valence-electron chi connectivity index (χ3n) is 1.87. The maximum Gasteiger partial charge on any atom is 0.471 e. The second kappa shape index (κ2) is 5.50. The molecule has 1 aromatic carbocycles. The molecule has 0 atom stereocenters. The SMILES string of the molecule is NCC(=O)Nc1ccc(NC(=O)C(F)(F)F)cc1. The zero-order valence-electron chi connectivity index (χ0n) is 9.04. The summed E-state index contributed by atoms with van der Waals surface area (Å²) in [7, 11) is 0. The molecular formula is C10H10F3N3O2. The Morgan fingerprint density at radius 1 is 1.06 bits per heavy atom. The van der Waals surface area contributed by atoms with Crippen molar-refractivity contribution in [2.24, 2.45) is 5.73 Å². The molecule has 18 heavy (non-hydrogen) atoms. The Bertz CT molecular complexity index is 443. The van der Waals surface area contributed by atoms with Crippen molar-refractivity contribution in [3.63, 3.8) is 0 Å². The Balaban J connectivity index is 2.66. The van der Waals surface area contributed by atoms with Gasteiger partial charge in [-0.25, -0.2) is 0 Å². The first-order valence-corrected chi connectivity index (χ1v) is 4.81. The molecule has 0 heterocycles. The summed E-state index contributed by atoms with van der Waals surface area (Å²) < 4.78 is 35.8. The fourth-order valence-electron chi connectivity index (χ4n) is 1.05. The van der Waals surface area contributed by atoms with E-state index < -0.39 is 18.0 Å². The summed E-state index contributed by atoms with van der Waals surface area (Å²) in [5, 5.41) is 4.08. The van der Waals surface area contributed by atoms with E-state index in [0.717, 1.165) is 0 Å². The van der Waals surface area contributed by atoms with Crippen molar-refractivity contribution in [1.82, 2.24) is 0 Å². The van der Waals surface area contributed by atoms with Crippen molar-refractivity contribution in [2.75, 3.05) is 17.2 Å². The number of alkyl halides is 3. The molecule has 5 nitrogen and oxygen atoms in total. The van der Waals surface area contributed by atoms with Gasteiger partial charge in [0.2, 0.25) is 5.91 Å². The van der Waals surface area contributed by atoms with Gasteiger partial charge < -0.3 is 16.4 Å². The molecular weight excluding hydrogens is 251 g/mol. The van der Waals surface area contributed by atoms with Gasteiger partial charge in [0.1, 0.15) is 0 Å². The highest BCUT2D eigenvalue weighted by Gasteiger charge is 2.38. The van der Waals surface area contributed by atoms with Gasteiger partial charge in [-0.3, -0.25) is 9.59 Å². The molecule has 2 amide bonds. The van der Waals surface area contributed by atoms with Crippen LogP contribution >= 0.6 is 0 Å². The highest BCUT2D eigenvalue weighted by molar-refractivity contribution is 5.95. The van der Waals surface area contributed by atoms with Crippen molar-refractivity contribution in [3.05, 3.63) is 24.3 Å². The zero-order chi connectivity index (χ0) is 13.8. The molecule has 0 aliphatic heterocycles. The number of nitrogens with two attached hydrogens (primary N) is 1. The number of carbonyl (C=O) groups is 2. The van der Waals surface area contributed by atoms with Gasteiger partial charge in [-0.05, 0) is 24.3 Å². The fraction of sp³-hybridized carbons (Fsp3) is 0.200. The minimum Gasteiger partial charge on any atom is -0.325 e. The van der Waals surface area contributed by atoms with Crippen LogP contribution in [0.1, 0.15) is 0 Å². The van der Waals surface area contributed by atoms with Gasteiger partial charge in [-0.15, -0.1) is 0 Å². The molecule has 98 valence electrons. The van der Waals surface area contributed by atoms with Gasteiger partial charge in [0.15, 0.2) is 0 Å². The molecule has 0 fully saturated rings. The standard InChI is InChI=1S/C10H10F3N3O2/c11-10(12,13)9(18)16-7-3-1-6(2-4-7)15-8(17)5-14/h1-4H,5,14H2,(H,15,17)(H,16,18). The maximum absolute atomic E-state index is 11.9. The fourth-order valence-corrected chi connectivity index (χ4v) is 1.05. The van der Waals surface area contributed by atoms with Gasteiger partial charge >= 0.3 is 12.1 Å². The molecule has 0 saturated carbocycles. The van der Waals surface area contributed by atoms with Crippen molar-refractivity contribution >= 4 is 23.2 Å². The second-order valence-electron chi connectivity index (χ2n) is 3.28. The normalized spacial score (nSPS) is 10.9. The van der Waals surface area contributed by atoms with Crippen LogP contribution < -0.4 is 16.4 Å². The van der Waals surface area contributed by atoms with Crippen LogP contribution in [0.25, 0.3) is 0 Å². The third-order valence-corrected chi connectivity index (χ3v) is 1.87. The Kier molecular flexibility index (Phi) is 4.27. The lowest BCUT2D eigenvalue weighted by atomic mass is 10.2. The van der Waals surface area contributed by atoms with Crippen LogP contribution in [0.4, 0.5) is 24.5 Å². The molecule has 0 unspecified atom stereocenters. The Hall–Kier alpha value is -2.09. The van der Waals surface area contributed by atoms with Crippen LogP contribution in [0.3, 0.4) is 0 Å². The second-order valence-corrected chi connectivity index (χ2v) is 3.28. The zero-order valence-corrected chi connectivity index (χ0v) is 9.04. The van der Waals surface area contributed by atoms with Crippen molar-refractivity contribution < 1.29 is 22.8 Å². The van der Waals surface area contributed by atoms with Crippen LogP contribution in [0.2, 0.25) is 0 Å². The molecule has 0 radical (unpaired) electrons. The molecule has 0 aliphatic rings. The first-order chi connectivity index (χ1) is 8.32. The third kappa shape index (κ3) is 4.06. The number of hydrogen-bond donors (Lipinski definition) is 3. The summed E-state index contributed by atoms with van der Waals surface area (Å²) in [6, 6.07) is 5.16. The highest BCUT2D eigenvalue weighted by atomic mass is 19.4. The minimum atomic E-state index is -4.94. The van der Waals surface area contributed by atoms with E-state index in [1.807, 2.05) is 0 Å². The smallest absolute Gasteiger partial charge is 0.325 e. The van der Waals surface area contributed by atoms with E-state index in [1.54, 1.807) is 5.32 Å². The van der Waals surface area contributed by atoms with Crippen LogP contribution in [-0.4, -0.2) is 24.5 Å². The number of anilines is 2. The molecule has 1 aromatic rings. The number of benzene rings is 1. The number of rotatable bonds is 3. The molecule has 0 bridgehead atoms. The number of carbonyl (C=O) groups excluding carboxylic acids is 2. The average Bonchev–Trinajstić information content (AvgIpc) is 2.30. The maximum atomic E-state index is 11.9. The van der Waals surface area contributed by atoms with Crippen molar-refractivity contribution in [2.45, 2.75) is 6.18 Å². The predicted molar refractivity (Wildman–Crippen MR) is 58.8 cm³/mol. The lowest BCUT2D eigenvalue weighted by Crippen LogP contribution is -2.29. The van der Waals surface area contributed by atoms with E-state index in [9.17, 15) is 22.8 Å². The van der Waals surface area contributed by atoms with E-state index >= 15 is 0 Å². The average molecular weight is 261 g/mol. The number of hydrogen-bond acceptors (Lipinski definition) is 3. The summed E-state index contributed by atoms with van der Waals surface area (Å²) in [5.74, 6) is -2.48. The van der Waals surface area contributed by atoms with Gasteiger partial charge in [-0.1, -0.05) is 0 Å². The molecule has 0 saturated heterocycles. The summed E-state index contributed by atoms with van der Waals surface area (Å²) in [6.45, 7) is -0.202. The van der Waals surface area contributed by atoms with Gasteiger partial charge in [0.25, 0.3) is 0 Å². The summed E-state index contributed by atoms with van der Waals surface area (Å²) in [6.07, 6.45) is -4.94. The lowest BCUT2D eigenvalue weighted by Gasteiger charge is -2.09. The number of amides is 2. The Labute approximate surface area is 100 Å². The highest BCUT2D eigenvalue weighted by Crippen LogP contribution is 2.19. The first-order valence-electron chi connectivity index (χ1n) is 4.81. The number of nitrogens with one attached hydrogen (secondary N) is 2. The summed E-state index contributed by atoms with van der Waals surface area (Å²) in [5.41, 5.74) is 5.42. The molecule has 0 aliphatic carbocycles. The first kappa shape index (κ1) is 14.0. The van der Waals surface area contributed by atoms with Gasteiger partial charge in [0.05, 0.1) is 6.54 Å². The Morgan fingerprint density at radius 2 is 1.50 bits per heavy atom. The molecule has 4 N–H and O–H groups in total. The van der Waals surface area contributed by atoms with E-state index in [-0.39, 0.29) is 12.2 Å². The topological polar surface area (TPSA) is 84.2 Å². The number of halogens is 3. The van der Waals surface area contributed by atoms with E-state index in [1.165, 1.54) is 24.3 Å². The largest absolute Gasteiger partial charge is 0.471 e. The molecule has 8 heteroatoms. The summed E-state index contributed by atoms with van der Waals surface area (Å²) in [4.78, 5) is 21.5. The monoisotopic (exact) mass is 261 g/mol. The lowest BCUT2D eigenvalue weighted by molar-refractivity contribution is -0.167. The van der Waals surface area contributed by atoms with Crippen LogP contribution in [-0.2, 0) is 9.59 Å². The van der Waals surface area contributed by atoms with Crippen LogP contribution in [0, 0.1) is 0 Å².